The summed E-state index contributed by atoms with van der Waals surface area (Å²) in [5.74, 6) is 0.676. The molecule has 0 fully saturated rings. The molecule has 3 rings (SSSR count). The molecule has 134 valence electrons. The Morgan fingerprint density at radius 2 is 1.88 bits per heavy atom. The van der Waals surface area contributed by atoms with Crippen molar-refractivity contribution in [3.05, 3.63) is 70.4 Å². The Kier molecular flexibility index (Phi) is 5.43. The van der Waals surface area contributed by atoms with Crippen molar-refractivity contribution in [2.75, 3.05) is 5.32 Å². The van der Waals surface area contributed by atoms with Crippen molar-refractivity contribution in [1.82, 2.24) is 5.16 Å². The molecule has 0 bridgehead atoms. The number of hydrogen-bond donors (Lipinski definition) is 1. The molecule has 1 amide bonds. The molecule has 0 aliphatic carbocycles. The Bertz CT molecular complexity index is 916. The fourth-order valence-electron chi connectivity index (χ4n) is 2.80. The van der Waals surface area contributed by atoms with E-state index in [-0.39, 0.29) is 5.91 Å². The zero-order chi connectivity index (χ0) is 18.7. The monoisotopic (exact) mass is 368 g/mol. The number of nitrogens with zero attached hydrogens (tertiary/aromatic N) is 1. The van der Waals surface area contributed by atoms with Gasteiger partial charge < -0.3 is 9.84 Å². The predicted octanol–water partition coefficient (Wildman–Crippen LogP) is 6.07. The molecule has 1 heterocycles. The van der Waals surface area contributed by atoms with E-state index in [1.54, 1.807) is 13.0 Å². The van der Waals surface area contributed by atoms with Gasteiger partial charge in [0.2, 0.25) is 0 Å². The fourth-order valence-corrected chi connectivity index (χ4v) is 3.03. The first kappa shape index (κ1) is 18.2. The van der Waals surface area contributed by atoms with Crippen LogP contribution in [0.3, 0.4) is 0 Å². The molecule has 0 saturated heterocycles. The lowest BCUT2D eigenvalue weighted by molar-refractivity contribution is 0.102. The Labute approximate surface area is 158 Å². The van der Waals surface area contributed by atoms with Gasteiger partial charge in [0.15, 0.2) is 0 Å². The molecule has 0 unspecified atom stereocenters. The summed E-state index contributed by atoms with van der Waals surface area (Å²) in [4.78, 5) is 12.8. The van der Waals surface area contributed by atoms with E-state index in [2.05, 4.69) is 24.3 Å². The van der Waals surface area contributed by atoms with Crippen molar-refractivity contribution < 1.29 is 9.32 Å². The lowest BCUT2D eigenvalue weighted by atomic mass is 9.98. The largest absolute Gasteiger partial charge is 0.360 e. The molecule has 1 atom stereocenters. The molecule has 26 heavy (non-hydrogen) atoms. The molecular weight excluding hydrogens is 348 g/mol. The van der Waals surface area contributed by atoms with Crippen molar-refractivity contribution in [2.24, 2.45) is 0 Å². The van der Waals surface area contributed by atoms with Gasteiger partial charge in [0.25, 0.3) is 5.91 Å². The number of amides is 1. The maximum absolute atomic E-state index is 12.8. The van der Waals surface area contributed by atoms with Gasteiger partial charge in [-0.05, 0) is 43.0 Å². The summed E-state index contributed by atoms with van der Waals surface area (Å²) in [7, 11) is 0. The standard InChI is InChI=1S/C21H21ClN2O2/c1-4-13(2)15-9-11-16(12-10-15)23-21(25)19-14(3)26-24-20(19)17-7-5-6-8-18(17)22/h5-13H,4H2,1-3H3,(H,23,25)/t13-/m0/s1. The zero-order valence-electron chi connectivity index (χ0n) is 15.0. The van der Waals surface area contributed by atoms with Gasteiger partial charge >= 0.3 is 0 Å². The molecular formula is C21H21ClN2O2. The van der Waals surface area contributed by atoms with Crippen LogP contribution in [0.1, 0.15) is 47.9 Å². The second-order valence-corrected chi connectivity index (χ2v) is 6.73. The SMILES string of the molecule is CC[C@H](C)c1ccc(NC(=O)c2c(-c3ccccc3Cl)noc2C)cc1. The minimum absolute atomic E-state index is 0.269. The lowest BCUT2D eigenvalue weighted by Crippen LogP contribution is -2.13. The Hall–Kier alpha value is -2.59. The molecule has 2 aromatic carbocycles. The van der Waals surface area contributed by atoms with E-state index in [4.69, 9.17) is 16.1 Å². The van der Waals surface area contributed by atoms with Crippen molar-refractivity contribution in [3.63, 3.8) is 0 Å². The van der Waals surface area contributed by atoms with Gasteiger partial charge in [-0.2, -0.15) is 0 Å². The van der Waals surface area contributed by atoms with Crippen LogP contribution in [0.4, 0.5) is 5.69 Å². The highest BCUT2D eigenvalue weighted by Crippen LogP contribution is 2.31. The van der Waals surface area contributed by atoms with Crippen LogP contribution in [-0.2, 0) is 0 Å². The Morgan fingerprint density at radius 1 is 1.19 bits per heavy atom. The summed E-state index contributed by atoms with van der Waals surface area (Å²) in [5.41, 5.74) is 3.49. The summed E-state index contributed by atoms with van der Waals surface area (Å²) < 4.78 is 5.26. The normalized spacial score (nSPS) is 12.0. The summed E-state index contributed by atoms with van der Waals surface area (Å²) in [6.07, 6.45) is 1.08. The van der Waals surface area contributed by atoms with Gasteiger partial charge in [0.05, 0.1) is 5.02 Å². The number of rotatable bonds is 5. The first-order valence-electron chi connectivity index (χ1n) is 8.63. The average Bonchev–Trinajstić information content (AvgIpc) is 3.03. The lowest BCUT2D eigenvalue weighted by Gasteiger charge is -2.11. The smallest absolute Gasteiger partial charge is 0.261 e. The summed E-state index contributed by atoms with van der Waals surface area (Å²) >= 11 is 6.25. The van der Waals surface area contributed by atoms with Crippen LogP contribution in [0.2, 0.25) is 5.02 Å². The minimum Gasteiger partial charge on any atom is -0.360 e. The van der Waals surface area contributed by atoms with E-state index in [9.17, 15) is 4.79 Å². The van der Waals surface area contributed by atoms with Gasteiger partial charge in [-0.15, -0.1) is 0 Å². The minimum atomic E-state index is -0.269. The van der Waals surface area contributed by atoms with Gasteiger partial charge in [0, 0.05) is 11.3 Å². The first-order chi connectivity index (χ1) is 12.5. The van der Waals surface area contributed by atoms with Crippen molar-refractivity contribution in [2.45, 2.75) is 33.1 Å². The van der Waals surface area contributed by atoms with Gasteiger partial charge in [-0.25, -0.2) is 0 Å². The highest BCUT2D eigenvalue weighted by molar-refractivity contribution is 6.33. The van der Waals surface area contributed by atoms with Crippen LogP contribution < -0.4 is 5.32 Å². The molecule has 1 aromatic heterocycles. The van der Waals surface area contributed by atoms with Crippen LogP contribution in [0.15, 0.2) is 53.1 Å². The molecule has 0 radical (unpaired) electrons. The van der Waals surface area contributed by atoms with Crippen molar-refractivity contribution >= 4 is 23.2 Å². The van der Waals surface area contributed by atoms with Crippen molar-refractivity contribution in [3.8, 4) is 11.3 Å². The number of carbonyl (C=O) groups is 1. The first-order valence-corrected chi connectivity index (χ1v) is 9.01. The second kappa shape index (κ2) is 7.75. The van der Waals surface area contributed by atoms with E-state index in [1.165, 1.54) is 5.56 Å². The third kappa shape index (κ3) is 3.65. The molecule has 3 aromatic rings. The third-order valence-electron chi connectivity index (χ3n) is 4.57. The van der Waals surface area contributed by atoms with Crippen LogP contribution in [0.25, 0.3) is 11.3 Å². The summed E-state index contributed by atoms with van der Waals surface area (Å²) in [6, 6.07) is 15.2. The number of hydrogen-bond acceptors (Lipinski definition) is 3. The highest BCUT2D eigenvalue weighted by Gasteiger charge is 2.23. The highest BCUT2D eigenvalue weighted by atomic mass is 35.5. The number of carbonyl (C=O) groups excluding carboxylic acids is 1. The van der Waals surface area contributed by atoms with E-state index in [0.29, 0.717) is 33.5 Å². The van der Waals surface area contributed by atoms with E-state index < -0.39 is 0 Å². The molecule has 1 N–H and O–H groups in total. The van der Waals surface area contributed by atoms with Gasteiger partial charge in [-0.1, -0.05) is 60.9 Å². The number of aromatic nitrogens is 1. The molecule has 0 spiro atoms. The van der Waals surface area contributed by atoms with E-state index >= 15 is 0 Å². The topological polar surface area (TPSA) is 55.1 Å². The maximum Gasteiger partial charge on any atom is 0.261 e. The van der Waals surface area contributed by atoms with Crippen LogP contribution in [0.5, 0.6) is 0 Å². The zero-order valence-corrected chi connectivity index (χ0v) is 15.8. The molecule has 5 heteroatoms. The van der Waals surface area contributed by atoms with Gasteiger partial charge in [-0.3, -0.25) is 4.79 Å². The predicted molar refractivity (Wildman–Crippen MR) is 105 cm³/mol. The summed E-state index contributed by atoms with van der Waals surface area (Å²) in [6.45, 7) is 6.06. The van der Waals surface area contributed by atoms with Gasteiger partial charge in [0.1, 0.15) is 17.0 Å². The maximum atomic E-state index is 12.8. The third-order valence-corrected chi connectivity index (χ3v) is 4.90. The number of benzene rings is 2. The van der Waals surface area contributed by atoms with Crippen LogP contribution in [-0.4, -0.2) is 11.1 Å². The number of anilines is 1. The van der Waals surface area contributed by atoms with Crippen LogP contribution in [0, 0.1) is 6.92 Å². The second-order valence-electron chi connectivity index (χ2n) is 6.33. The van der Waals surface area contributed by atoms with E-state index in [1.807, 2.05) is 42.5 Å². The van der Waals surface area contributed by atoms with Crippen LogP contribution >= 0.6 is 11.6 Å². The molecule has 0 aliphatic heterocycles. The Balaban J connectivity index is 1.87. The number of halogens is 1. The fraction of sp³-hybridized carbons (Fsp3) is 0.238. The average molecular weight is 369 g/mol. The number of nitrogens with one attached hydrogen (secondary N) is 1. The van der Waals surface area contributed by atoms with E-state index in [0.717, 1.165) is 12.1 Å². The Morgan fingerprint density at radius 3 is 2.54 bits per heavy atom. The number of aryl methyl sites for hydroxylation is 1. The summed E-state index contributed by atoms with van der Waals surface area (Å²) in [5, 5.41) is 7.48. The molecule has 4 nitrogen and oxygen atoms in total. The molecule has 0 aliphatic rings. The quantitative estimate of drug-likeness (QED) is 0.594. The molecule has 0 saturated carbocycles. The van der Waals surface area contributed by atoms with Crippen molar-refractivity contribution in [1.29, 1.82) is 0 Å².